The van der Waals surface area contributed by atoms with Crippen LogP contribution in [0.1, 0.15) is 27.3 Å². The number of aromatic nitrogens is 1. The van der Waals surface area contributed by atoms with Gasteiger partial charge in [0.05, 0.1) is 5.56 Å². The highest BCUT2D eigenvalue weighted by molar-refractivity contribution is 6.35. The smallest absolute Gasteiger partial charge is 0.337 e. The Labute approximate surface area is 127 Å². The minimum atomic E-state index is -0.895. The Balaban J connectivity index is 2.21. The van der Waals surface area contributed by atoms with Crippen LogP contribution in [0.4, 0.5) is 0 Å². The molecule has 1 N–H and O–H groups in total. The van der Waals surface area contributed by atoms with Crippen molar-refractivity contribution in [1.82, 2.24) is 4.57 Å². The zero-order chi connectivity index (χ0) is 14.9. The SMILES string of the molecule is Cc1cc(C(=O)O)c(C)n1CCc1ccc(Cl)cc1Cl. The summed E-state index contributed by atoms with van der Waals surface area (Å²) in [7, 11) is 0. The molecule has 0 radical (unpaired) electrons. The van der Waals surface area contributed by atoms with Gasteiger partial charge in [-0.15, -0.1) is 0 Å². The average Bonchev–Trinajstić information content (AvgIpc) is 2.65. The fraction of sp³-hybridized carbons (Fsp3) is 0.267. The van der Waals surface area contributed by atoms with Crippen molar-refractivity contribution in [2.75, 3.05) is 0 Å². The van der Waals surface area contributed by atoms with Gasteiger partial charge in [-0.05, 0) is 44.0 Å². The predicted molar refractivity (Wildman–Crippen MR) is 81.0 cm³/mol. The zero-order valence-electron chi connectivity index (χ0n) is 11.3. The van der Waals surface area contributed by atoms with Crippen LogP contribution in [-0.4, -0.2) is 15.6 Å². The molecule has 0 aliphatic carbocycles. The van der Waals surface area contributed by atoms with Gasteiger partial charge in [0.25, 0.3) is 0 Å². The van der Waals surface area contributed by atoms with Crippen LogP contribution in [-0.2, 0) is 13.0 Å². The first-order valence-corrected chi connectivity index (χ1v) is 6.99. The molecule has 0 saturated carbocycles. The molecule has 0 saturated heterocycles. The summed E-state index contributed by atoms with van der Waals surface area (Å²) in [5.74, 6) is -0.895. The number of halogens is 2. The van der Waals surface area contributed by atoms with E-state index >= 15 is 0 Å². The van der Waals surface area contributed by atoms with Gasteiger partial charge in [0.2, 0.25) is 0 Å². The van der Waals surface area contributed by atoms with Gasteiger partial charge in [0, 0.05) is 28.0 Å². The molecule has 5 heteroatoms. The van der Waals surface area contributed by atoms with Gasteiger partial charge in [-0.1, -0.05) is 29.3 Å². The van der Waals surface area contributed by atoms with Gasteiger partial charge in [0.15, 0.2) is 0 Å². The summed E-state index contributed by atoms with van der Waals surface area (Å²) in [5.41, 5.74) is 3.05. The molecule has 1 aromatic carbocycles. The third-order valence-corrected chi connectivity index (χ3v) is 4.01. The second kappa shape index (κ2) is 5.90. The normalized spacial score (nSPS) is 10.8. The Bertz CT molecular complexity index is 662. The van der Waals surface area contributed by atoms with E-state index in [2.05, 4.69) is 0 Å². The molecule has 0 aliphatic rings. The Morgan fingerprint density at radius 3 is 2.50 bits per heavy atom. The molecule has 1 aromatic heterocycles. The fourth-order valence-corrected chi connectivity index (χ4v) is 2.82. The molecule has 0 unspecified atom stereocenters. The molecule has 0 amide bonds. The number of rotatable bonds is 4. The third kappa shape index (κ3) is 3.00. The summed E-state index contributed by atoms with van der Waals surface area (Å²) in [6.45, 7) is 4.41. The lowest BCUT2D eigenvalue weighted by atomic mass is 10.1. The number of carboxylic acids is 1. The fourth-order valence-electron chi connectivity index (χ4n) is 2.32. The molecular formula is C15H15Cl2NO2. The van der Waals surface area contributed by atoms with Crippen molar-refractivity contribution >= 4 is 29.2 Å². The lowest BCUT2D eigenvalue weighted by Crippen LogP contribution is -2.07. The van der Waals surface area contributed by atoms with Crippen LogP contribution in [0.5, 0.6) is 0 Å². The second-order valence-corrected chi connectivity index (χ2v) is 5.57. The average molecular weight is 312 g/mol. The summed E-state index contributed by atoms with van der Waals surface area (Å²) in [4.78, 5) is 11.1. The Morgan fingerprint density at radius 2 is 1.95 bits per heavy atom. The lowest BCUT2D eigenvalue weighted by molar-refractivity contribution is 0.0696. The number of aryl methyl sites for hydroxylation is 2. The van der Waals surface area contributed by atoms with E-state index in [4.69, 9.17) is 28.3 Å². The van der Waals surface area contributed by atoms with E-state index in [9.17, 15) is 4.79 Å². The maximum atomic E-state index is 11.1. The van der Waals surface area contributed by atoms with E-state index in [-0.39, 0.29) is 0 Å². The van der Waals surface area contributed by atoms with Crippen LogP contribution in [0, 0.1) is 13.8 Å². The molecule has 2 rings (SSSR count). The number of nitrogens with zero attached hydrogens (tertiary/aromatic N) is 1. The zero-order valence-corrected chi connectivity index (χ0v) is 12.8. The second-order valence-electron chi connectivity index (χ2n) is 4.73. The van der Waals surface area contributed by atoms with Crippen LogP contribution in [0.2, 0.25) is 10.0 Å². The van der Waals surface area contributed by atoms with Crippen LogP contribution in [0.3, 0.4) is 0 Å². The summed E-state index contributed by atoms with van der Waals surface area (Å²) < 4.78 is 1.99. The Kier molecular flexibility index (Phi) is 4.41. The highest BCUT2D eigenvalue weighted by Crippen LogP contribution is 2.23. The van der Waals surface area contributed by atoms with Crippen molar-refractivity contribution in [3.8, 4) is 0 Å². The first-order valence-electron chi connectivity index (χ1n) is 6.24. The van der Waals surface area contributed by atoms with E-state index in [1.165, 1.54) is 0 Å². The van der Waals surface area contributed by atoms with Crippen molar-refractivity contribution in [3.05, 3.63) is 56.8 Å². The van der Waals surface area contributed by atoms with Crippen molar-refractivity contribution in [3.63, 3.8) is 0 Å². The largest absolute Gasteiger partial charge is 0.478 e. The van der Waals surface area contributed by atoms with Gasteiger partial charge in [-0.3, -0.25) is 0 Å². The molecule has 0 aliphatic heterocycles. The van der Waals surface area contributed by atoms with Crippen molar-refractivity contribution in [1.29, 1.82) is 0 Å². The Hall–Kier alpha value is -1.45. The summed E-state index contributed by atoms with van der Waals surface area (Å²) in [6.07, 6.45) is 0.728. The first-order chi connectivity index (χ1) is 9.40. The van der Waals surface area contributed by atoms with E-state index in [1.54, 1.807) is 18.2 Å². The van der Waals surface area contributed by atoms with Crippen molar-refractivity contribution in [2.24, 2.45) is 0 Å². The molecule has 1 heterocycles. The summed E-state index contributed by atoms with van der Waals surface area (Å²) >= 11 is 12.0. The van der Waals surface area contributed by atoms with Gasteiger partial charge >= 0.3 is 5.97 Å². The van der Waals surface area contributed by atoms with Crippen LogP contribution in [0.15, 0.2) is 24.3 Å². The number of aromatic carboxylic acids is 1. The minimum absolute atomic E-state index is 0.352. The lowest BCUT2D eigenvalue weighted by Gasteiger charge is -2.10. The number of carbonyl (C=O) groups is 1. The third-order valence-electron chi connectivity index (χ3n) is 3.42. The number of hydrogen-bond acceptors (Lipinski definition) is 1. The topological polar surface area (TPSA) is 42.2 Å². The van der Waals surface area contributed by atoms with Gasteiger partial charge in [-0.2, -0.15) is 0 Å². The van der Waals surface area contributed by atoms with Crippen LogP contribution >= 0.6 is 23.2 Å². The molecule has 3 nitrogen and oxygen atoms in total. The highest BCUT2D eigenvalue weighted by Gasteiger charge is 2.14. The van der Waals surface area contributed by atoms with E-state index in [0.29, 0.717) is 22.2 Å². The number of carboxylic acid groups (broad SMARTS) is 1. The van der Waals surface area contributed by atoms with E-state index in [0.717, 1.165) is 23.4 Å². The van der Waals surface area contributed by atoms with Gasteiger partial charge in [-0.25, -0.2) is 4.79 Å². The summed E-state index contributed by atoms with van der Waals surface area (Å²) in [5, 5.41) is 10.4. The first kappa shape index (κ1) is 14.9. The standard InChI is InChI=1S/C15H15Cl2NO2/c1-9-7-13(15(19)20)10(2)18(9)6-5-11-3-4-12(16)8-14(11)17/h3-4,7-8H,5-6H2,1-2H3,(H,19,20). The molecule has 0 bridgehead atoms. The molecule has 0 spiro atoms. The quantitative estimate of drug-likeness (QED) is 0.912. The van der Waals surface area contributed by atoms with Crippen molar-refractivity contribution < 1.29 is 9.90 Å². The molecule has 2 aromatic rings. The monoisotopic (exact) mass is 311 g/mol. The highest BCUT2D eigenvalue weighted by atomic mass is 35.5. The number of hydrogen-bond donors (Lipinski definition) is 1. The number of benzene rings is 1. The predicted octanol–water partition coefficient (Wildman–Crippen LogP) is 4.35. The van der Waals surface area contributed by atoms with Crippen molar-refractivity contribution in [2.45, 2.75) is 26.8 Å². The minimum Gasteiger partial charge on any atom is -0.478 e. The molecule has 20 heavy (non-hydrogen) atoms. The van der Waals surface area contributed by atoms with Gasteiger partial charge < -0.3 is 9.67 Å². The van der Waals surface area contributed by atoms with Crippen LogP contribution < -0.4 is 0 Å². The van der Waals surface area contributed by atoms with E-state index in [1.807, 2.05) is 24.5 Å². The maximum absolute atomic E-state index is 11.1. The van der Waals surface area contributed by atoms with Crippen LogP contribution in [0.25, 0.3) is 0 Å². The maximum Gasteiger partial charge on any atom is 0.337 e. The van der Waals surface area contributed by atoms with Gasteiger partial charge in [0.1, 0.15) is 0 Å². The molecule has 0 fully saturated rings. The Morgan fingerprint density at radius 1 is 1.25 bits per heavy atom. The summed E-state index contributed by atoms with van der Waals surface area (Å²) in [6, 6.07) is 7.12. The molecule has 106 valence electrons. The molecule has 0 atom stereocenters. The van der Waals surface area contributed by atoms with E-state index < -0.39 is 5.97 Å². The molecular weight excluding hydrogens is 297 g/mol.